The van der Waals surface area contributed by atoms with Crippen molar-refractivity contribution < 1.29 is 33.8 Å². The molecule has 11 nitrogen and oxygen atoms in total. The molecule has 0 atom stereocenters. The molecule has 35 heavy (non-hydrogen) atoms. The van der Waals surface area contributed by atoms with Crippen molar-refractivity contribution in [2.45, 2.75) is 32.6 Å². The number of esters is 1. The fourth-order valence-corrected chi connectivity index (χ4v) is 3.03. The summed E-state index contributed by atoms with van der Waals surface area (Å²) in [5, 5.41) is 10.9. The Morgan fingerprint density at radius 1 is 0.943 bits per heavy atom. The number of H-pyrrole nitrogens is 3. The van der Waals surface area contributed by atoms with Crippen LogP contribution in [0.3, 0.4) is 0 Å². The first-order valence-corrected chi connectivity index (χ1v) is 11.0. The van der Waals surface area contributed by atoms with Crippen LogP contribution in [0.15, 0.2) is 48.9 Å². The molecular formula is C24H28N4O7. The monoisotopic (exact) mass is 484 g/mol. The first-order valence-electron chi connectivity index (χ1n) is 11.0. The number of carbonyl (C=O) groups is 5. The zero-order valence-corrected chi connectivity index (χ0v) is 19.3. The van der Waals surface area contributed by atoms with E-state index in [-0.39, 0.29) is 29.1 Å². The Morgan fingerprint density at radius 2 is 1.63 bits per heavy atom. The normalized spacial score (nSPS) is 12.0. The van der Waals surface area contributed by atoms with Crippen LogP contribution in [-0.4, -0.2) is 62.6 Å². The molecule has 0 radical (unpaired) electrons. The summed E-state index contributed by atoms with van der Waals surface area (Å²) in [4.78, 5) is 63.1. The minimum Gasteiger partial charge on any atom is -0.477 e. The molecule has 186 valence electrons. The van der Waals surface area contributed by atoms with Crippen molar-refractivity contribution in [3.63, 3.8) is 0 Å². The van der Waals surface area contributed by atoms with Crippen LogP contribution in [0.25, 0.3) is 0 Å². The summed E-state index contributed by atoms with van der Waals surface area (Å²) in [6, 6.07) is 8.29. The highest BCUT2D eigenvalue weighted by molar-refractivity contribution is 6.08. The summed E-state index contributed by atoms with van der Waals surface area (Å²) in [6.45, 7) is 2.59. The summed E-state index contributed by atoms with van der Waals surface area (Å²) in [5.74, 6) is -1.30. The fraction of sp³-hybridized carbons (Fsp3) is 0.292. The topological polar surface area (TPSA) is 174 Å². The molecule has 3 aromatic rings. The highest BCUT2D eigenvalue weighted by atomic mass is 16.5. The molecule has 0 fully saturated rings. The van der Waals surface area contributed by atoms with Crippen LogP contribution < -0.4 is 5.32 Å². The van der Waals surface area contributed by atoms with E-state index in [2.05, 4.69) is 20.3 Å². The van der Waals surface area contributed by atoms with Crippen molar-refractivity contribution in [1.29, 1.82) is 0 Å². The van der Waals surface area contributed by atoms with Gasteiger partial charge in [0.1, 0.15) is 11.4 Å². The lowest BCUT2D eigenvalue weighted by Gasteiger charge is -2.00. The molecule has 4 heterocycles. The number of hydrogen-bond acceptors (Lipinski definition) is 6. The number of carboxylic acid groups (broad SMARTS) is 1. The number of aromatic carboxylic acids is 1. The second-order valence-electron chi connectivity index (χ2n) is 7.25. The summed E-state index contributed by atoms with van der Waals surface area (Å²) < 4.78 is 4.76. The van der Waals surface area contributed by atoms with Gasteiger partial charge < -0.3 is 30.1 Å². The Kier molecular flexibility index (Phi) is 10.7. The minimum atomic E-state index is -0.921. The second-order valence-corrected chi connectivity index (χ2v) is 7.25. The van der Waals surface area contributed by atoms with E-state index in [4.69, 9.17) is 9.84 Å². The molecule has 1 amide bonds. The largest absolute Gasteiger partial charge is 0.477 e. The molecule has 0 aromatic carbocycles. The molecular weight excluding hydrogens is 456 g/mol. The number of Topliss-reactive ketones (excluding diaryl/α,β-unsaturated/α-hetero) is 2. The molecule has 0 saturated heterocycles. The van der Waals surface area contributed by atoms with Gasteiger partial charge in [-0.1, -0.05) is 0 Å². The second kappa shape index (κ2) is 14.0. The molecule has 11 heteroatoms. The number of carbonyl (C=O) groups excluding carboxylic acids is 4. The van der Waals surface area contributed by atoms with E-state index < -0.39 is 5.97 Å². The van der Waals surface area contributed by atoms with E-state index >= 15 is 0 Å². The first-order chi connectivity index (χ1) is 16.8. The lowest BCUT2D eigenvalue weighted by atomic mass is 10.1. The third kappa shape index (κ3) is 8.80. The molecule has 0 spiro atoms. The van der Waals surface area contributed by atoms with Crippen molar-refractivity contribution in [3.05, 3.63) is 71.6 Å². The van der Waals surface area contributed by atoms with Crippen molar-refractivity contribution in [3.8, 4) is 0 Å². The van der Waals surface area contributed by atoms with Gasteiger partial charge in [-0.2, -0.15) is 0 Å². The Morgan fingerprint density at radius 3 is 2.20 bits per heavy atom. The molecule has 0 saturated carbocycles. The molecule has 4 rings (SSSR count). The number of ether oxygens (including phenoxy) is 1. The maximum atomic E-state index is 11.5. The number of aromatic amines is 3. The number of amides is 1. The van der Waals surface area contributed by atoms with Gasteiger partial charge in [0, 0.05) is 50.0 Å². The quantitative estimate of drug-likeness (QED) is 0.253. The van der Waals surface area contributed by atoms with Crippen LogP contribution >= 0.6 is 0 Å². The lowest BCUT2D eigenvalue weighted by Crippen LogP contribution is -2.23. The molecule has 0 bridgehead atoms. The van der Waals surface area contributed by atoms with Gasteiger partial charge in [-0.15, -0.1) is 0 Å². The number of ketones is 2. The van der Waals surface area contributed by atoms with E-state index in [0.29, 0.717) is 55.8 Å². The Balaban J connectivity index is 0.000000193. The zero-order chi connectivity index (χ0) is 25.6. The smallest absolute Gasteiger partial charge is 0.352 e. The van der Waals surface area contributed by atoms with Gasteiger partial charge in [-0.05, 0) is 43.7 Å². The van der Waals surface area contributed by atoms with E-state index in [1.807, 2.05) is 0 Å². The van der Waals surface area contributed by atoms with Crippen LogP contribution in [0.2, 0.25) is 0 Å². The third-order valence-corrected chi connectivity index (χ3v) is 4.73. The molecule has 5 N–H and O–H groups in total. The van der Waals surface area contributed by atoms with Gasteiger partial charge in [0.2, 0.25) is 0 Å². The van der Waals surface area contributed by atoms with E-state index in [1.165, 1.54) is 6.07 Å². The van der Waals surface area contributed by atoms with E-state index in [9.17, 15) is 24.0 Å². The first kappa shape index (κ1) is 26.8. The Labute approximate surface area is 201 Å². The SMILES string of the molecule is CCOC(=O)CCCC(=O)c1ccc[nH]1.O=C(O)c1ccc[nH]1.O=C1CCNC(=O)c2[nH]ccc21. The van der Waals surface area contributed by atoms with Gasteiger partial charge in [0.25, 0.3) is 5.91 Å². The summed E-state index contributed by atoms with van der Waals surface area (Å²) in [6.07, 6.45) is 6.49. The predicted octanol–water partition coefficient (Wildman–Crippen LogP) is 2.97. The Hall–Kier alpha value is -4.41. The maximum Gasteiger partial charge on any atom is 0.352 e. The summed E-state index contributed by atoms with van der Waals surface area (Å²) >= 11 is 0. The molecule has 0 aliphatic carbocycles. The van der Waals surface area contributed by atoms with Crippen LogP contribution in [0.4, 0.5) is 0 Å². The summed E-state index contributed by atoms with van der Waals surface area (Å²) in [7, 11) is 0. The van der Waals surface area contributed by atoms with Gasteiger partial charge in [0.15, 0.2) is 11.6 Å². The third-order valence-electron chi connectivity index (χ3n) is 4.73. The standard InChI is InChI=1S/C11H15NO3.C8H8N2O2.C5H5NO2/c1-2-15-11(14)7-3-6-10(13)9-5-4-8-12-9;11-6-2-4-10-8(12)7-5(6)1-3-9-7;7-5(8)4-2-1-3-6-4/h4-5,8,12H,2-3,6-7H2,1H3;1,3,9H,2,4H2,(H,10,12);1-3,6H,(H,7,8). The molecule has 3 aromatic heterocycles. The number of carboxylic acids is 1. The maximum absolute atomic E-state index is 11.5. The fourth-order valence-electron chi connectivity index (χ4n) is 3.03. The Bertz CT molecular complexity index is 1080. The number of aromatic nitrogens is 3. The van der Waals surface area contributed by atoms with Crippen molar-refractivity contribution >= 4 is 29.4 Å². The van der Waals surface area contributed by atoms with Gasteiger partial charge in [-0.3, -0.25) is 19.2 Å². The van der Waals surface area contributed by atoms with Gasteiger partial charge in [-0.25, -0.2) is 4.79 Å². The molecule has 1 aliphatic rings. The van der Waals surface area contributed by atoms with Crippen molar-refractivity contribution in [2.24, 2.45) is 0 Å². The number of nitrogens with one attached hydrogen (secondary N) is 4. The van der Waals surface area contributed by atoms with Crippen molar-refractivity contribution in [1.82, 2.24) is 20.3 Å². The van der Waals surface area contributed by atoms with Crippen LogP contribution in [0.5, 0.6) is 0 Å². The highest BCUT2D eigenvalue weighted by Gasteiger charge is 2.21. The zero-order valence-electron chi connectivity index (χ0n) is 19.3. The van der Waals surface area contributed by atoms with Crippen LogP contribution in [0.1, 0.15) is 74.4 Å². The van der Waals surface area contributed by atoms with Crippen LogP contribution in [0, 0.1) is 0 Å². The minimum absolute atomic E-state index is 0.0181. The van der Waals surface area contributed by atoms with Gasteiger partial charge >= 0.3 is 11.9 Å². The number of hydrogen-bond donors (Lipinski definition) is 5. The average Bonchev–Trinajstić information content (AvgIpc) is 3.61. The number of rotatable bonds is 7. The van der Waals surface area contributed by atoms with Gasteiger partial charge in [0.05, 0.1) is 12.3 Å². The van der Waals surface area contributed by atoms with Crippen LogP contribution in [-0.2, 0) is 9.53 Å². The summed E-state index contributed by atoms with van der Waals surface area (Å²) in [5.41, 5.74) is 1.71. The number of fused-ring (bicyclic) bond motifs is 1. The lowest BCUT2D eigenvalue weighted by molar-refractivity contribution is -0.143. The van der Waals surface area contributed by atoms with E-state index in [0.717, 1.165) is 0 Å². The predicted molar refractivity (Wildman–Crippen MR) is 125 cm³/mol. The highest BCUT2D eigenvalue weighted by Crippen LogP contribution is 2.12. The molecule has 1 aliphatic heterocycles. The average molecular weight is 485 g/mol. The molecule has 0 unspecified atom stereocenters. The van der Waals surface area contributed by atoms with E-state index in [1.54, 1.807) is 49.8 Å². The van der Waals surface area contributed by atoms with Crippen molar-refractivity contribution in [2.75, 3.05) is 13.2 Å².